The van der Waals surface area contributed by atoms with Crippen molar-refractivity contribution in [2.45, 2.75) is 50.2 Å². The predicted octanol–water partition coefficient (Wildman–Crippen LogP) is 2.41. The summed E-state index contributed by atoms with van der Waals surface area (Å²) in [5.41, 5.74) is 2.95. The Balaban J connectivity index is 1.49. The van der Waals surface area contributed by atoms with Gasteiger partial charge in [0.2, 0.25) is 0 Å². The third-order valence-electron chi connectivity index (χ3n) is 7.28. The number of ether oxygens (including phenoxy) is 1. The van der Waals surface area contributed by atoms with Crippen LogP contribution in [0.5, 0.6) is 0 Å². The molecule has 0 radical (unpaired) electrons. The summed E-state index contributed by atoms with van der Waals surface area (Å²) in [6.45, 7) is 0.889. The summed E-state index contributed by atoms with van der Waals surface area (Å²) in [4.78, 5) is 16.9. The number of pyridine rings is 1. The number of methoxy groups -OCH3 is 1. The fourth-order valence-electron chi connectivity index (χ4n) is 6.33. The van der Waals surface area contributed by atoms with Gasteiger partial charge in [-0.15, -0.1) is 0 Å². The Morgan fingerprint density at radius 1 is 1.31 bits per heavy atom. The second-order valence-electron chi connectivity index (χ2n) is 8.66. The van der Waals surface area contributed by atoms with Crippen LogP contribution >= 0.6 is 0 Å². The van der Waals surface area contributed by atoms with E-state index in [1.54, 1.807) is 13.2 Å². The van der Waals surface area contributed by atoms with Crippen LogP contribution in [0.25, 0.3) is 0 Å². The van der Waals surface area contributed by atoms with Gasteiger partial charge >= 0.3 is 0 Å². The monoisotopic (exact) mass is 356 g/mol. The first-order valence-electron chi connectivity index (χ1n) is 9.92. The van der Waals surface area contributed by atoms with Gasteiger partial charge < -0.3 is 20.7 Å². The molecule has 5 atom stereocenters. The number of anilines is 2. The van der Waals surface area contributed by atoms with Crippen LogP contribution in [-0.4, -0.2) is 43.2 Å². The van der Waals surface area contributed by atoms with E-state index in [1.807, 2.05) is 7.11 Å². The standard InChI is InChI=1S/C20H28N4O2/c1-21-19(25)15-10-23-18-14(3-4-22-18)17(15)24-16-12-5-11-6-13(16)9-20(7-11,8-12)26-2/h10-13,16H,3-9H2,1-2H3,(H,21,25)(H2,22,23,24)/t11?,12-,13+,16-,20-. The molecule has 6 rings (SSSR count). The molecule has 1 unspecified atom stereocenters. The number of hydrogen-bond acceptors (Lipinski definition) is 5. The first-order valence-corrected chi connectivity index (χ1v) is 9.92. The molecule has 1 amide bonds. The van der Waals surface area contributed by atoms with Crippen LogP contribution in [0.4, 0.5) is 11.5 Å². The van der Waals surface area contributed by atoms with Crippen molar-refractivity contribution in [1.82, 2.24) is 10.3 Å². The average molecular weight is 356 g/mol. The summed E-state index contributed by atoms with van der Waals surface area (Å²) < 4.78 is 5.99. The Hall–Kier alpha value is -1.82. The number of nitrogens with zero attached hydrogens (tertiary/aromatic N) is 1. The molecular formula is C20H28N4O2. The maximum Gasteiger partial charge on any atom is 0.254 e. The van der Waals surface area contributed by atoms with Gasteiger partial charge in [-0.05, 0) is 56.3 Å². The minimum Gasteiger partial charge on any atom is -0.381 e. The SMILES string of the molecule is CNC(=O)c1cnc2c(c1N[C@@H]1[C@@H]3CC4C[C@H]1C[C@@](OC)(C4)C3)CCN2. The number of rotatable bonds is 4. The Labute approximate surface area is 154 Å². The highest BCUT2D eigenvalue weighted by Gasteiger charge is 2.55. The average Bonchev–Trinajstić information content (AvgIpc) is 3.12. The van der Waals surface area contributed by atoms with E-state index in [-0.39, 0.29) is 11.5 Å². The molecule has 1 aliphatic heterocycles. The third kappa shape index (κ3) is 2.34. The Bertz CT molecular complexity index is 734. The van der Waals surface area contributed by atoms with Gasteiger partial charge in [0.05, 0.1) is 16.9 Å². The van der Waals surface area contributed by atoms with Crippen molar-refractivity contribution >= 4 is 17.4 Å². The molecule has 4 saturated carbocycles. The quantitative estimate of drug-likeness (QED) is 0.772. The fraction of sp³-hybridized carbons (Fsp3) is 0.700. The molecule has 0 aromatic carbocycles. The molecule has 0 spiro atoms. The largest absolute Gasteiger partial charge is 0.381 e. The first-order chi connectivity index (χ1) is 12.6. The Morgan fingerprint density at radius 3 is 2.77 bits per heavy atom. The molecule has 1 aromatic rings. The van der Waals surface area contributed by atoms with Crippen LogP contribution in [0.15, 0.2) is 6.20 Å². The van der Waals surface area contributed by atoms with Crippen molar-refractivity contribution in [3.05, 3.63) is 17.3 Å². The summed E-state index contributed by atoms with van der Waals surface area (Å²) >= 11 is 0. The molecule has 4 aliphatic carbocycles. The van der Waals surface area contributed by atoms with Gasteiger partial charge in [0.15, 0.2) is 0 Å². The summed E-state index contributed by atoms with van der Waals surface area (Å²) in [6.07, 6.45) is 8.75. The fourth-order valence-corrected chi connectivity index (χ4v) is 6.33. The van der Waals surface area contributed by atoms with Crippen LogP contribution in [-0.2, 0) is 11.2 Å². The lowest BCUT2D eigenvalue weighted by atomic mass is 9.52. The summed E-state index contributed by atoms with van der Waals surface area (Å²) in [5, 5.41) is 9.96. The second kappa shape index (κ2) is 5.84. The van der Waals surface area contributed by atoms with Gasteiger partial charge in [0.25, 0.3) is 5.91 Å². The highest BCUT2D eigenvalue weighted by Crippen LogP contribution is 2.57. The third-order valence-corrected chi connectivity index (χ3v) is 7.28. The molecular weight excluding hydrogens is 328 g/mol. The van der Waals surface area contributed by atoms with Crippen LogP contribution in [0.2, 0.25) is 0 Å². The van der Waals surface area contributed by atoms with Crippen LogP contribution in [0, 0.1) is 17.8 Å². The van der Waals surface area contributed by atoms with Gasteiger partial charge in [0, 0.05) is 38.5 Å². The normalized spacial score (nSPS) is 36.5. The zero-order valence-corrected chi connectivity index (χ0v) is 15.6. The smallest absolute Gasteiger partial charge is 0.254 e. The molecule has 4 fully saturated rings. The maximum absolute atomic E-state index is 12.4. The molecule has 0 saturated heterocycles. The molecule has 6 heteroatoms. The molecule has 5 aliphatic rings. The highest BCUT2D eigenvalue weighted by atomic mass is 16.5. The summed E-state index contributed by atoms with van der Waals surface area (Å²) in [7, 11) is 3.57. The number of nitrogens with one attached hydrogen (secondary N) is 3. The van der Waals surface area contributed by atoms with Crippen molar-refractivity contribution < 1.29 is 9.53 Å². The van der Waals surface area contributed by atoms with Crippen molar-refractivity contribution in [3.63, 3.8) is 0 Å². The molecule has 3 N–H and O–H groups in total. The maximum atomic E-state index is 12.4. The second-order valence-corrected chi connectivity index (χ2v) is 8.66. The zero-order chi connectivity index (χ0) is 17.9. The lowest BCUT2D eigenvalue weighted by Gasteiger charge is -2.59. The predicted molar refractivity (Wildman–Crippen MR) is 101 cm³/mol. The van der Waals surface area contributed by atoms with Gasteiger partial charge in [-0.3, -0.25) is 4.79 Å². The van der Waals surface area contributed by atoms with Crippen molar-refractivity contribution in [1.29, 1.82) is 0 Å². The molecule has 2 heterocycles. The van der Waals surface area contributed by atoms with E-state index < -0.39 is 0 Å². The number of aromatic nitrogens is 1. The van der Waals surface area contributed by atoms with E-state index in [0.717, 1.165) is 43.2 Å². The van der Waals surface area contributed by atoms with Gasteiger partial charge in [0.1, 0.15) is 5.82 Å². The Kier molecular flexibility index (Phi) is 3.68. The highest BCUT2D eigenvalue weighted by molar-refractivity contribution is 6.00. The minimum atomic E-state index is -0.0631. The zero-order valence-electron chi connectivity index (χ0n) is 15.6. The van der Waals surface area contributed by atoms with Crippen LogP contribution in [0.1, 0.15) is 48.0 Å². The molecule has 1 aromatic heterocycles. The van der Waals surface area contributed by atoms with E-state index in [2.05, 4.69) is 20.9 Å². The number of carbonyl (C=O) groups is 1. The topological polar surface area (TPSA) is 75.3 Å². The number of amides is 1. The van der Waals surface area contributed by atoms with Crippen LogP contribution < -0.4 is 16.0 Å². The Morgan fingerprint density at radius 2 is 2.08 bits per heavy atom. The summed E-state index contributed by atoms with van der Waals surface area (Å²) in [5.74, 6) is 2.95. The van der Waals surface area contributed by atoms with Gasteiger partial charge in [-0.25, -0.2) is 4.98 Å². The van der Waals surface area contributed by atoms with Crippen molar-refractivity contribution in [3.8, 4) is 0 Å². The van der Waals surface area contributed by atoms with Gasteiger partial charge in [-0.1, -0.05) is 0 Å². The lowest BCUT2D eigenvalue weighted by molar-refractivity contribution is -0.149. The van der Waals surface area contributed by atoms with Gasteiger partial charge in [-0.2, -0.15) is 0 Å². The molecule has 26 heavy (non-hydrogen) atoms. The van der Waals surface area contributed by atoms with Crippen molar-refractivity contribution in [2.75, 3.05) is 31.3 Å². The number of hydrogen-bond donors (Lipinski definition) is 3. The van der Waals surface area contributed by atoms with E-state index in [9.17, 15) is 4.79 Å². The number of fused-ring (bicyclic) bond motifs is 1. The number of carbonyl (C=O) groups excluding carboxylic acids is 1. The minimum absolute atomic E-state index is 0.0631. The van der Waals surface area contributed by atoms with E-state index >= 15 is 0 Å². The van der Waals surface area contributed by atoms with Crippen molar-refractivity contribution in [2.24, 2.45) is 17.8 Å². The van der Waals surface area contributed by atoms with E-state index in [1.165, 1.54) is 24.8 Å². The molecule has 4 bridgehead atoms. The van der Waals surface area contributed by atoms with E-state index in [0.29, 0.717) is 23.4 Å². The first kappa shape index (κ1) is 16.4. The molecule has 140 valence electrons. The summed E-state index contributed by atoms with van der Waals surface area (Å²) in [6, 6.07) is 0.435. The van der Waals surface area contributed by atoms with Crippen LogP contribution in [0.3, 0.4) is 0 Å². The molecule has 6 nitrogen and oxygen atoms in total. The van der Waals surface area contributed by atoms with E-state index in [4.69, 9.17) is 4.74 Å². The lowest BCUT2D eigenvalue weighted by Crippen LogP contribution is -2.59.